The molecule has 6 heteroatoms. The highest BCUT2D eigenvalue weighted by Gasteiger charge is 2.22. The molecular weight excluding hydrogens is 296 g/mol. The number of anilines is 1. The second-order valence-corrected chi connectivity index (χ2v) is 6.72. The van der Waals surface area contributed by atoms with Gasteiger partial charge in [0.1, 0.15) is 5.82 Å². The summed E-state index contributed by atoms with van der Waals surface area (Å²) in [6.07, 6.45) is 6.59. The molecule has 5 nitrogen and oxygen atoms in total. The third-order valence-corrected chi connectivity index (χ3v) is 4.97. The molecule has 1 saturated carbocycles. The Balaban J connectivity index is 1.67. The van der Waals surface area contributed by atoms with E-state index in [1.54, 1.807) is 11.3 Å². The number of rotatable bonds is 4. The van der Waals surface area contributed by atoms with Gasteiger partial charge in [0.15, 0.2) is 0 Å². The molecule has 22 heavy (non-hydrogen) atoms. The third kappa shape index (κ3) is 3.16. The summed E-state index contributed by atoms with van der Waals surface area (Å²) in [4.78, 5) is 12.3. The maximum absolute atomic E-state index is 12.3. The summed E-state index contributed by atoms with van der Waals surface area (Å²) >= 11 is 1.64. The molecule has 1 aliphatic carbocycles. The van der Waals surface area contributed by atoms with Crippen LogP contribution in [0.3, 0.4) is 0 Å². The van der Waals surface area contributed by atoms with Crippen molar-refractivity contribution < 1.29 is 4.79 Å². The Kier molecular flexibility index (Phi) is 4.47. The summed E-state index contributed by atoms with van der Waals surface area (Å²) in [6, 6.07) is 2.26. The Morgan fingerprint density at radius 1 is 1.45 bits per heavy atom. The van der Waals surface area contributed by atoms with Gasteiger partial charge in [-0.3, -0.25) is 5.32 Å². The smallest absolute Gasteiger partial charge is 0.320 e. The van der Waals surface area contributed by atoms with Gasteiger partial charge in [-0.1, -0.05) is 12.8 Å². The van der Waals surface area contributed by atoms with Gasteiger partial charge in [0.25, 0.3) is 0 Å². The first-order valence-electron chi connectivity index (χ1n) is 7.79. The molecule has 0 spiro atoms. The van der Waals surface area contributed by atoms with Gasteiger partial charge in [-0.05, 0) is 49.1 Å². The lowest BCUT2D eigenvalue weighted by molar-refractivity contribution is 0.249. The van der Waals surface area contributed by atoms with E-state index in [1.165, 1.54) is 12.8 Å². The van der Waals surface area contributed by atoms with Crippen LogP contribution in [0.1, 0.15) is 55.8 Å². The molecule has 0 radical (unpaired) electrons. The van der Waals surface area contributed by atoms with E-state index in [4.69, 9.17) is 0 Å². The minimum Gasteiger partial charge on any atom is -0.331 e. The van der Waals surface area contributed by atoms with Crippen molar-refractivity contribution in [2.75, 3.05) is 5.32 Å². The number of nitrogens with zero attached hydrogens (tertiary/aromatic N) is 2. The molecule has 1 aliphatic rings. The summed E-state index contributed by atoms with van der Waals surface area (Å²) in [6.45, 7) is 3.97. The second kappa shape index (κ2) is 6.52. The van der Waals surface area contributed by atoms with E-state index in [0.29, 0.717) is 6.04 Å². The number of amides is 2. The lowest BCUT2D eigenvalue weighted by Crippen LogP contribution is -2.32. The van der Waals surface area contributed by atoms with E-state index in [2.05, 4.69) is 21.1 Å². The van der Waals surface area contributed by atoms with E-state index in [0.717, 1.165) is 29.8 Å². The fraction of sp³-hybridized carbons (Fsp3) is 0.500. The van der Waals surface area contributed by atoms with Crippen LogP contribution in [0.25, 0.3) is 0 Å². The van der Waals surface area contributed by atoms with Crippen LogP contribution >= 0.6 is 11.3 Å². The largest absolute Gasteiger partial charge is 0.331 e. The molecule has 2 N–H and O–H groups in total. The molecule has 2 aromatic rings. The topological polar surface area (TPSA) is 59.0 Å². The van der Waals surface area contributed by atoms with E-state index in [-0.39, 0.29) is 12.1 Å². The number of hydrogen-bond donors (Lipinski definition) is 2. The first kappa shape index (κ1) is 15.1. The molecule has 0 bridgehead atoms. The number of carbonyl (C=O) groups excluding carboxylic acids is 1. The van der Waals surface area contributed by atoms with Crippen LogP contribution < -0.4 is 10.6 Å². The molecule has 0 unspecified atom stereocenters. The summed E-state index contributed by atoms with van der Waals surface area (Å²) in [7, 11) is 0. The summed E-state index contributed by atoms with van der Waals surface area (Å²) in [5.74, 6) is 0.821. The monoisotopic (exact) mass is 318 g/mol. The Bertz CT molecular complexity index is 629. The Hall–Kier alpha value is -1.82. The van der Waals surface area contributed by atoms with Gasteiger partial charge in [-0.2, -0.15) is 16.4 Å². The van der Waals surface area contributed by atoms with Crippen molar-refractivity contribution in [2.45, 2.75) is 51.6 Å². The van der Waals surface area contributed by atoms with Crippen molar-refractivity contribution >= 4 is 23.2 Å². The molecule has 3 rings (SSSR count). The summed E-state index contributed by atoms with van der Waals surface area (Å²) in [5.41, 5.74) is 2.13. The highest BCUT2D eigenvalue weighted by Crippen LogP contribution is 2.32. The van der Waals surface area contributed by atoms with Crippen LogP contribution in [0, 0.1) is 6.92 Å². The average Bonchev–Trinajstić information content (AvgIpc) is 3.21. The number of aryl methyl sites for hydroxylation is 1. The van der Waals surface area contributed by atoms with E-state index < -0.39 is 0 Å². The van der Waals surface area contributed by atoms with E-state index >= 15 is 0 Å². The summed E-state index contributed by atoms with van der Waals surface area (Å²) < 4.78 is 1.98. The average molecular weight is 318 g/mol. The first-order valence-corrected chi connectivity index (χ1v) is 8.73. The van der Waals surface area contributed by atoms with Crippen LogP contribution in [0.4, 0.5) is 10.6 Å². The van der Waals surface area contributed by atoms with Crippen molar-refractivity contribution in [1.82, 2.24) is 15.1 Å². The minimum atomic E-state index is -0.179. The Labute approximate surface area is 134 Å². The van der Waals surface area contributed by atoms with E-state index in [1.807, 2.05) is 36.2 Å². The van der Waals surface area contributed by atoms with Crippen LogP contribution in [0.2, 0.25) is 0 Å². The normalized spacial score (nSPS) is 16.6. The third-order valence-electron chi connectivity index (χ3n) is 4.27. The van der Waals surface area contributed by atoms with Crippen LogP contribution in [0.15, 0.2) is 23.0 Å². The highest BCUT2D eigenvalue weighted by molar-refractivity contribution is 7.07. The quantitative estimate of drug-likeness (QED) is 0.885. The fourth-order valence-corrected chi connectivity index (χ4v) is 3.73. The maximum atomic E-state index is 12.3. The number of carbonyl (C=O) groups is 1. The molecule has 0 aromatic carbocycles. The SMILES string of the molecule is Cc1cnn(C2CCCC2)c1NC(=O)N[C@H](C)c1ccsc1. The van der Waals surface area contributed by atoms with Crippen molar-refractivity contribution in [1.29, 1.82) is 0 Å². The molecule has 0 saturated heterocycles. The second-order valence-electron chi connectivity index (χ2n) is 5.94. The van der Waals surface area contributed by atoms with Crippen molar-refractivity contribution in [3.63, 3.8) is 0 Å². The van der Waals surface area contributed by atoms with Crippen LogP contribution in [-0.2, 0) is 0 Å². The Morgan fingerprint density at radius 2 is 2.23 bits per heavy atom. The van der Waals surface area contributed by atoms with Gasteiger partial charge in [-0.25, -0.2) is 9.48 Å². The molecule has 2 aromatic heterocycles. The van der Waals surface area contributed by atoms with Gasteiger partial charge >= 0.3 is 6.03 Å². The van der Waals surface area contributed by atoms with Crippen LogP contribution in [0.5, 0.6) is 0 Å². The molecule has 2 heterocycles. The molecule has 1 fully saturated rings. The van der Waals surface area contributed by atoms with Crippen LogP contribution in [-0.4, -0.2) is 15.8 Å². The maximum Gasteiger partial charge on any atom is 0.320 e. The van der Waals surface area contributed by atoms with Gasteiger partial charge in [0.05, 0.1) is 18.3 Å². The number of hydrogen-bond acceptors (Lipinski definition) is 3. The van der Waals surface area contributed by atoms with E-state index in [9.17, 15) is 4.79 Å². The number of aromatic nitrogens is 2. The van der Waals surface area contributed by atoms with Crippen molar-refractivity contribution in [2.24, 2.45) is 0 Å². The van der Waals surface area contributed by atoms with Gasteiger partial charge in [0, 0.05) is 5.56 Å². The predicted molar refractivity (Wildman–Crippen MR) is 89.4 cm³/mol. The number of urea groups is 1. The summed E-state index contributed by atoms with van der Waals surface area (Å²) in [5, 5.41) is 14.5. The molecule has 118 valence electrons. The Morgan fingerprint density at radius 3 is 2.91 bits per heavy atom. The minimum absolute atomic E-state index is 0.00518. The van der Waals surface area contributed by atoms with Gasteiger partial charge in [-0.15, -0.1) is 0 Å². The zero-order valence-electron chi connectivity index (χ0n) is 13.0. The zero-order chi connectivity index (χ0) is 15.5. The fourth-order valence-electron chi connectivity index (χ4n) is 2.97. The predicted octanol–water partition coefficient (Wildman–Crippen LogP) is 4.25. The first-order chi connectivity index (χ1) is 10.6. The van der Waals surface area contributed by atoms with Gasteiger partial charge < -0.3 is 5.32 Å². The lowest BCUT2D eigenvalue weighted by Gasteiger charge is -2.17. The molecule has 0 aliphatic heterocycles. The highest BCUT2D eigenvalue weighted by atomic mass is 32.1. The van der Waals surface area contributed by atoms with Gasteiger partial charge in [0.2, 0.25) is 0 Å². The molecule has 2 amide bonds. The lowest BCUT2D eigenvalue weighted by atomic mass is 10.2. The zero-order valence-corrected chi connectivity index (χ0v) is 13.8. The molecule has 1 atom stereocenters. The molecular formula is C16H22N4OS. The van der Waals surface area contributed by atoms with Crippen molar-refractivity contribution in [3.8, 4) is 0 Å². The van der Waals surface area contributed by atoms with Crippen molar-refractivity contribution in [3.05, 3.63) is 34.2 Å². The number of thiophene rings is 1. The number of nitrogens with one attached hydrogen (secondary N) is 2. The standard InChI is InChI=1S/C16H22N4OS/c1-11-9-17-20(14-5-3-4-6-14)15(11)19-16(21)18-12(2)13-7-8-22-10-13/h7-10,12,14H,3-6H2,1-2H3,(H2,18,19,21)/t12-/m1/s1.